The molecular weight excluding hydrogens is 326 g/mol. The Morgan fingerprint density at radius 1 is 1.33 bits per heavy atom. The minimum Gasteiger partial charge on any atom is -0.420 e. The molecule has 0 aliphatic carbocycles. The van der Waals surface area contributed by atoms with Crippen LogP contribution in [-0.4, -0.2) is 30.0 Å². The van der Waals surface area contributed by atoms with E-state index in [0.717, 1.165) is 12.1 Å². The minimum atomic E-state index is -5.70. The number of nitrogens with zero attached hydrogens (tertiary/aromatic N) is 1. The summed E-state index contributed by atoms with van der Waals surface area (Å²) in [5.41, 5.74) is -0.615. The van der Waals surface area contributed by atoms with Crippen LogP contribution >= 0.6 is 11.6 Å². The first-order valence-electron chi connectivity index (χ1n) is 5.00. The van der Waals surface area contributed by atoms with E-state index in [2.05, 4.69) is 9.47 Å². The summed E-state index contributed by atoms with van der Waals surface area (Å²) in [7, 11) is 0.309. The number of nitro groups is 1. The number of non-ortho nitro benzene ring substituents is 1. The van der Waals surface area contributed by atoms with Crippen LogP contribution in [0.15, 0.2) is 18.2 Å². The third-order valence-electron chi connectivity index (χ3n) is 2.24. The number of benzene rings is 1. The number of ether oxygens (including phenoxy) is 2. The molecule has 21 heavy (non-hydrogen) atoms. The molecular formula is C10H6ClF4NO5. The van der Waals surface area contributed by atoms with Crippen molar-refractivity contribution in [3.8, 4) is 5.75 Å². The van der Waals surface area contributed by atoms with E-state index in [0.29, 0.717) is 13.2 Å². The van der Waals surface area contributed by atoms with Gasteiger partial charge >= 0.3 is 18.0 Å². The number of esters is 1. The van der Waals surface area contributed by atoms with Gasteiger partial charge in [-0.15, -0.1) is 0 Å². The van der Waals surface area contributed by atoms with Crippen molar-refractivity contribution in [1.29, 1.82) is 0 Å². The van der Waals surface area contributed by atoms with E-state index in [1.807, 2.05) is 0 Å². The van der Waals surface area contributed by atoms with Crippen molar-refractivity contribution in [3.05, 3.63) is 33.3 Å². The zero-order valence-corrected chi connectivity index (χ0v) is 10.9. The zero-order valence-electron chi connectivity index (χ0n) is 10.1. The number of alkyl halides is 4. The van der Waals surface area contributed by atoms with E-state index in [1.165, 1.54) is 0 Å². The van der Waals surface area contributed by atoms with E-state index in [-0.39, 0.29) is 0 Å². The Bertz CT molecular complexity index is 579. The van der Waals surface area contributed by atoms with Crippen molar-refractivity contribution < 1.29 is 36.8 Å². The van der Waals surface area contributed by atoms with Gasteiger partial charge in [0, 0.05) is 13.2 Å². The van der Waals surface area contributed by atoms with Gasteiger partial charge in [0.05, 0.1) is 16.0 Å². The van der Waals surface area contributed by atoms with Crippen molar-refractivity contribution in [2.45, 2.75) is 12.0 Å². The van der Waals surface area contributed by atoms with Gasteiger partial charge in [0.2, 0.25) is 0 Å². The molecule has 0 aromatic heterocycles. The number of halogens is 5. The molecule has 1 atom stereocenters. The van der Waals surface area contributed by atoms with Gasteiger partial charge < -0.3 is 9.47 Å². The molecule has 0 N–H and O–H groups in total. The number of carbonyl (C=O) groups excluding carboxylic acids is 1. The molecule has 0 aliphatic heterocycles. The first-order chi connectivity index (χ1) is 9.52. The summed E-state index contributed by atoms with van der Waals surface area (Å²) < 4.78 is 58.4. The molecule has 0 unspecified atom stereocenters. The van der Waals surface area contributed by atoms with Gasteiger partial charge in [0.1, 0.15) is 0 Å². The van der Waals surface area contributed by atoms with E-state index in [9.17, 15) is 32.5 Å². The topological polar surface area (TPSA) is 78.7 Å². The van der Waals surface area contributed by atoms with Gasteiger partial charge in [-0.05, 0) is 6.07 Å². The highest BCUT2D eigenvalue weighted by Gasteiger charge is 2.65. The monoisotopic (exact) mass is 331 g/mol. The van der Waals surface area contributed by atoms with Gasteiger partial charge in [-0.3, -0.25) is 10.1 Å². The Labute approximate surface area is 119 Å². The second-order valence-electron chi connectivity index (χ2n) is 3.56. The predicted molar refractivity (Wildman–Crippen MR) is 60.6 cm³/mol. The minimum absolute atomic E-state index is 0.309. The number of rotatable bonds is 4. The fraction of sp³-hybridized carbons (Fsp3) is 0.300. The molecule has 116 valence electrons. The molecule has 0 saturated heterocycles. The third-order valence-corrected chi connectivity index (χ3v) is 2.55. The quantitative estimate of drug-likeness (QED) is 0.278. The van der Waals surface area contributed by atoms with E-state index < -0.39 is 39.4 Å². The van der Waals surface area contributed by atoms with Gasteiger partial charge in [-0.25, -0.2) is 4.79 Å². The van der Waals surface area contributed by atoms with Crippen molar-refractivity contribution in [2.24, 2.45) is 0 Å². The van der Waals surface area contributed by atoms with Crippen molar-refractivity contribution in [2.75, 3.05) is 7.11 Å². The van der Waals surface area contributed by atoms with Gasteiger partial charge in [-0.1, -0.05) is 11.6 Å². The maximum absolute atomic E-state index is 13.5. The first-order valence-corrected chi connectivity index (χ1v) is 5.37. The van der Waals surface area contributed by atoms with Crippen molar-refractivity contribution in [1.82, 2.24) is 0 Å². The lowest BCUT2D eigenvalue weighted by atomic mass is 10.3. The second kappa shape index (κ2) is 5.82. The Morgan fingerprint density at radius 2 is 1.90 bits per heavy atom. The van der Waals surface area contributed by atoms with Gasteiger partial charge in [0.15, 0.2) is 5.75 Å². The fourth-order valence-corrected chi connectivity index (χ4v) is 1.32. The van der Waals surface area contributed by atoms with Gasteiger partial charge in [0.25, 0.3) is 5.69 Å². The zero-order chi connectivity index (χ0) is 16.4. The van der Waals surface area contributed by atoms with Crippen LogP contribution in [0.5, 0.6) is 5.75 Å². The van der Waals surface area contributed by atoms with Crippen molar-refractivity contribution in [3.63, 3.8) is 0 Å². The number of hydrogen-bond acceptors (Lipinski definition) is 5. The largest absolute Gasteiger partial charge is 0.460 e. The number of nitro benzene ring substituents is 1. The summed E-state index contributed by atoms with van der Waals surface area (Å²) in [6, 6.07) is 2.40. The highest BCUT2D eigenvalue weighted by atomic mass is 35.5. The molecule has 0 fully saturated rings. The summed E-state index contributed by atoms with van der Waals surface area (Å²) in [4.78, 5) is 20.9. The smallest absolute Gasteiger partial charge is 0.420 e. The lowest BCUT2D eigenvalue weighted by Gasteiger charge is -2.23. The molecule has 1 aromatic carbocycles. The third kappa shape index (κ3) is 3.39. The summed E-state index contributed by atoms with van der Waals surface area (Å²) in [6.07, 6.45) is -5.70. The molecule has 6 nitrogen and oxygen atoms in total. The van der Waals surface area contributed by atoms with E-state index >= 15 is 0 Å². The van der Waals surface area contributed by atoms with Crippen molar-refractivity contribution >= 4 is 23.3 Å². The SMILES string of the molecule is CO[C@@](F)(C(=O)Oc1cc([N+](=O)[O-])ccc1Cl)C(F)(F)F. The molecule has 0 spiro atoms. The molecule has 0 amide bonds. The molecule has 1 aromatic rings. The van der Waals surface area contributed by atoms with Crippen LogP contribution in [0, 0.1) is 10.1 Å². The Kier molecular flexibility index (Phi) is 4.74. The van der Waals surface area contributed by atoms with E-state index in [1.54, 1.807) is 0 Å². The Balaban J connectivity index is 3.13. The van der Waals surface area contributed by atoms with Crippen LogP contribution in [0.1, 0.15) is 0 Å². The summed E-state index contributed by atoms with van der Waals surface area (Å²) in [5.74, 6) is -7.99. The number of methoxy groups -OCH3 is 1. The average Bonchev–Trinajstić information content (AvgIpc) is 2.38. The summed E-state index contributed by atoms with van der Waals surface area (Å²) >= 11 is 5.51. The van der Waals surface area contributed by atoms with Crippen LogP contribution < -0.4 is 4.74 Å². The van der Waals surface area contributed by atoms with Crippen LogP contribution in [0.2, 0.25) is 5.02 Å². The highest BCUT2D eigenvalue weighted by Crippen LogP contribution is 2.37. The summed E-state index contributed by atoms with van der Waals surface area (Å²) in [5, 5.41) is 10.1. The first kappa shape index (κ1) is 17.1. The number of hydrogen-bond donors (Lipinski definition) is 0. The normalized spacial score (nSPS) is 14.4. The van der Waals surface area contributed by atoms with Gasteiger partial charge in [-0.2, -0.15) is 17.6 Å². The van der Waals surface area contributed by atoms with Crippen LogP contribution in [0.3, 0.4) is 0 Å². The predicted octanol–water partition coefficient (Wildman–Crippen LogP) is 3.03. The molecule has 0 aliphatic rings. The maximum atomic E-state index is 13.5. The van der Waals surface area contributed by atoms with Crippen LogP contribution in [0.25, 0.3) is 0 Å². The fourth-order valence-electron chi connectivity index (χ4n) is 1.16. The maximum Gasteiger partial charge on any atom is 0.460 e. The van der Waals surface area contributed by atoms with Crippen LogP contribution in [-0.2, 0) is 9.53 Å². The van der Waals surface area contributed by atoms with Crippen LogP contribution in [0.4, 0.5) is 23.2 Å². The average molecular weight is 332 g/mol. The number of carbonyl (C=O) groups is 1. The standard InChI is InChI=1S/C10H6ClF4NO5/c1-20-9(12,10(13,14)15)8(17)21-7-4-5(16(18)19)2-3-6(7)11/h2-4H,1H3/t9-/m0/s1. The summed E-state index contributed by atoms with van der Waals surface area (Å²) in [6.45, 7) is 0. The molecule has 1 rings (SSSR count). The molecule has 0 heterocycles. The molecule has 0 radical (unpaired) electrons. The Morgan fingerprint density at radius 3 is 2.33 bits per heavy atom. The van der Waals surface area contributed by atoms with E-state index in [4.69, 9.17) is 11.6 Å². The Hall–Kier alpha value is -1.94. The lowest BCUT2D eigenvalue weighted by molar-refractivity contribution is -0.384. The highest BCUT2D eigenvalue weighted by molar-refractivity contribution is 6.32. The lowest BCUT2D eigenvalue weighted by Crippen LogP contribution is -2.51. The molecule has 11 heteroatoms. The molecule has 0 saturated carbocycles. The second-order valence-corrected chi connectivity index (χ2v) is 3.97. The molecule has 0 bridgehead atoms.